The number of hydrogen-bond donors (Lipinski definition) is 1. The molecule has 2 aromatic rings. The molecule has 0 radical (unpaired) electrons. The first-order valence-corrected chi connectivity index (χ1v) is 12.8. The van der Waals surface area contributed by atoms with Gasteiger partial charge in [0.15, 0.2) is 11.5 Å². The predicted octanol–water partition coefficient (Wildman–Crippen LogP) is 2.43. The zero-order chi connectivity index (χ0) is 25.0. The van der Waals surface area contributed by atoms with E-state index in [0.717, 1.165) is 21.7 Å². The highest BCUT2D eigenvalue weighted by molar-refractivity contribution is 7.92. The second-order valence-corrected chi connectivity index (χ2v) is 10.6. The van der Waals surface area contributed by atoms with Crippen molar-refractivity contribution in [2.75, 3.05) is 23.9 Å². The van der Waals surface area contributed by atoms with Crippen LogP contribution in [0.2, 0.25) is 0 Å². The average molecular weight is 490 g/mol. The van der Waals surface area contributed by atoms with E-state index in [4.69, 9.17) is 9.47 Å². The number of benzene rings is 2. The SMILES string of the molecule is Cc1ccc(CN(C(=O)CN(c2ccc3c(c2)OCO3)S(C)(=O)=O)[C@@H](C)C(=O)NC(C)C)cc1. The van der Waals surface area contributed by atoms with E-state index in [9.17, 15) is 18.0 Å². The molecule has 0 saturated heterocycles. The fourth-order valence-corrected chi connectivity index (χ4v) is 4.37. The minimum atomic E-state index is -3.82. The number of carbonyl (C=O) groups excluding carboxylic acids is 2. The maximum atomic E-state index is 13.5. The van der Waals surface area contributed by atoms with Crippen molar-refractivity contribution in [2.45, 2.75) is 46.3 Å². The van der Waals surface area contributed by atoms with E-state index in [2.05, 4.69) is 5.32 Å². The van der Waals surface area contributed by atoms with E-state index in [-0.39, 0.29) is 31.0 Å². The Bertz CT molecular complexity index is 1150. The van der Waals surface area contributed by atoms with Crippen molar-refractivity contribution in [2.24, 2.45) is 0 Å². The van der Waals surface area contributed by atoms with Crippen LogP contribution in [0.4, 0.5) is 5.69 Å². The summed E-state index contributed by atoms with van der Waals surface area (Å²) in [4.78, 5) is 27.6. The Balaban J connectivity index is 1.90. The summed E-state index contributed by atoms with van der Waals surface area (Å²) in [6.07, 6.45) is 1.03. The number of carbonyl (C=O) groups is 2. The van der Waals surface area contributed by atoms with Gasteiger partial charge in [0.1, 0.15) is 12.6 Å². The third kappa shape index (κ3) is 6.19. The third-order valence-electron chi connectivity index (χ3n) is 5.40. The quantitative estimate of drug-likeness (QED) is 0.580. The zero-order valence-electron chi connectivity index (χ0n) is 20.1. The van der Waals surface area contributed by atoms with E-state index < -0.39 is 28.5 Å². The van der Waals surface area contributed by atoms with Gasteiger partial charge in [-0.05, 0) is 45.4 Å². The first kappa shape index (κ1) is 25.4. The maximum Gasteiger partial charge on any atom is 0.244 e. The largest absolute Gasteiger partial charge is 0.454 e. The van der Waals surface area contributed by atoms with E-state index in [1.165, 1.54) is 11.0 Å². The monoisotopic (exact) mass is 489 g/mol. The van der Waals surface area contributed by atoms with E-state index in [1.54, 1.807) is 19.1 Å². The highest BCUT2D eigenvalue weighted by atomic mass is 32.2. The fraction of sp³-hybridized carbons (Fsp3) is 0.417. The lowest BCUT2D eigenvalue weighted by Crippen LogP contribution is -2.52. The minimum Gasteiger partial charge on any atom is -0.454 e. The Morgan fingerprint density at radius 2 is 1.68 bits per heavy atom. The molecule has 10 heteroatoms. The Morgan fingerprint density at radius 3 is 2.29 bits per heavy atom. The zero-order valence-corrected chi connectivity index (χ0v) is 20.9. The van der Waals surface area contributed by atoms with Gasteiger partial charge in [0.2, 0.25) is 28.6 Å². The number of ether oxygens (including phenoxy) is 2. The van der Waals surface area contributed by atoms with Gasteiger partial charge in [-0.1, -0.05) is 29.8 Å². The highest BCUT2D eigenvalue weighted by Gasteiger charge is 2.31. The number of hydrogen-bond acceptors (Lipinski definition) is 6. The molecule has 1 N–H and O–H groups in total. The van der Waals surface area contributed by atoms with E-state index >= 15 is 0 Å². The predicted molar refractivity (Wildman–Crippen MR) is 129 cm³/mol. The van der Waals surface area contributed by atoms with Crippen LogP contribution in [0.1, 0.15) is 31.9 Å². The van der Waals surface area contributed by atoms with Crippen LogP contribution in [0.15, 0.2) is 42.5 Å². The minimum absolute atomic E-state index is 0.0450. The van der Waals surface area contributed by atoms with Gasteiger partial charge in [-0.25, -0.2) is 8.42 Å². The molecule has 9 nitrogen and oxygen atoms in total. The van der Waals surface area contributed by atoms with E-state index in [0.29, 0.717) is 11.5 Å². The number of rotatable bonds is 9. The van der Waals surface area contributed by atoms with Crippen LogP contribution >= 0.6 is 0 Å². The molecule has 1 atom stereocenters. The summed E-state index contributed by atoms with van der Waals surface area (Å²) in [5.74, 6) is 0.0859. The molecule has 34 heavy (non-hydrogen) atoms. The summed E-state index contributed by atoms with van der Waals surface area (Å²) < 4.78 is 36.9. The van der Waals surface area contributed by atoms with Gasteiger partial charge in [-0.2, -0.15) is 0 Å². The number of amides is 2. The normalized spacial score (nSPS) is 13.5. The topological polar surface area (TPSA) is 105 Å². The van der Waals surface area contributed by atoms with Crippen LogP contribution in [0.5, 0.6) is 11.5 Å². The van der Waals surface area contributed by atoms with Crippen molar-refractivity contribution in [1.82, 2.24) is 10.2 Å². The Labute approximate surface area is 200 Å². The molecule has 0 unspecified atom stereocenters. The lowest BCUT2D eigenvalue weighted by molar-refractivity contribution is -0.139. The van der Waals surface area contributed by atoms with Crippen molar-refractivity contribution in [3.05, 3.63) is 53.6 Å². The molecule has 2 aromatic carbocycles. The van der Waals surface area contributed by atoms with Crippen molar-refractivity contribution in [3.8, 4) is 11.5 Å². The third-order valence-corrected chi connectivity index (χ3v) is 6.54. The van der Waals surface area contributed by atoms with Crippen LogP contribution in [0.3, 0.4) is 0 Å². The van der Waals surface area contributed by atoms with Gasteiger partial charge >= 0.3 is 0 Å². The second kappa shape index (κ2) is 10.3. The Morgan fingerprint density at radius 1 is 1.03 bits per heavy atom. The number of nitrogens with zero attached hydrogens (tertiary/aromatic N) is 2. The number of aryl methyl sites for hydroxylation is 1. The molecular weight excluding hydrogens is 458 g/mol. The molecular formula is C24H31N3O6S. The first-order valence-electron chi connectivity index (χ1n) is 11.0. The molecule has 0 bridgehead atoms. The first-order chi connectivity index (χ1) is 16.0. The molecule has 0 aromatic heterocycles. The molecule has 184 valence electrons. The van der Waals surface area contributed by atoms with Crippen molar-refractivity contribution >= 4 is 27.5 Å². The van der Waals surface area contributed by atoms with Gasteiger partial charge in [0.05, 0.1) is 11.9 Å². The van der Waals surface area contributed by atoms with Crippen LogP contribution in [-0.4, -0.2) is 56.8 Å². The molecule has 0 spiro atoms. The van der Waals surface area contributed by atoms with Crippen molar-refractivity contribution in [1.29, 1.82) is 0 Å². The molecule has 0 saturated carbocycles. The number of nitrogens with one attached hydrogen (secondary N) is 1. The number of anilines is 1. The molecule has 1 heterocycles. The lowest BCUT2D eigenvalue weighted by atomic mass is 10.1. The Hall–Kier alpha value is -3.27. The highest BCUT2D eigenvalue weighted by Crippen LogP contribution is 2.36. The van der Waals surface area contributed by atoms with Crippen molar-refractivity contribution in [3.63, 3.8) is 0 Å². The molecule has 1 aliphatic heterocycles. The molecule has 0 aliphatic carbocycles. The fourth-order valence-electron chi connectivity index (χ4n) is 3.53. The molecule has 1 aliphatic rings. The summed E-state index contributed by atoms with van der Waals surface area (Å²) >= 11 is 0. The number of sulfonamides is 1. The molecule has 3 rings (SSSR count). The number of fused-ring (bicyclic) bond motifs is 1. The van der Waals surface area contributed by atoms with E-state index in [1.807, 2.05) is 45.0 Å². The summed E-state index contributed by atoms with van der Waals surface area (Å²) in [5.41, 5.74) is 2.17. The van der Waals surface area contributed by atoms with Crippen LogP contribution in [-0.2, 0) is 26.2 Å². The van der Waals surface area contributed by atoms with Crippen LogP contribution in [0, 0.1) is 6.92 Å². The standard InChI is InChI=1S/C24H31N3O6S/c1-16(2)25-24(29)18(4)26(13-19-8-6-17(3)7-9-19)23(28)14-27(34(5,30)31)20-10-11-21-22(12-20)33-15-32-21/h6-12,16,18H,13-15H2,1-5H3,(H,25,29)/t18-/m0/s1. The van der Waals surface area contributed by atoms with Gasteiger partial charge in [-0.15, -0.1) is 0 Å². The summed E-state index contributed by atoms with van der Waals surface area (Å²) in [6.45, 7) is 7.00. The van der Waals surface area contributed by atoms with Gasteiger partial charge in [0.25, 0.3) is 0 Å². The van der Waals surface area contributed by atoms with Gasteiger partial charge in [-0.3, -0.25) is 13.9 Å². The second-order valence-electron chi connectivity index (χ2n) is 8.65. The average Bonchev–Trinajstić information content (AvgIpc) is 3.23. The maximum absolute atomic E-state index is 13.5. The van der Waals surface area contributed by atoms with Gasteiger partial charge < -0.3 is 19.7 Å². The van der Waals surface area contributed by atoms with Crippen LogP contribution in [0.25, 0.3) is 0 Å². The van der Waals surface area contributed by atoms with Gasteiger partial charge in [0, 0.05) is 18.7 Å². The lowest BCUT2D eigenvalue weighted by Gasteiger charge is -2.32. The van der Waals surface area contributed by atoms with Crippen LogP contribution < -0.4 is 19.1 Å². The summed E-state index contributed by atoms with van der Waals surface area (Å²) in [5, 5.41) is 2.82. The molecule has 0 fully saturated rings. The van der Waals surface area contributed by atoms with Crippen molar-refractivity contribution < 1.29 is 27.5 Å². The molecule has 2 amide bonds. The smallest absolute Gasteiger partial charge is 0.244 e. The summed E-state index contributed by atoms with van der Waals surface area (Å²) in [6, 6.07) is 11.4. The summed E-state index contributed by atoms with van der Waals surface area (Å²) in [7, 11) is -3.82. The Kier molecular flexibility index (Phi) is 7.71.